The second-order valence-electron chi connectivity index (χ2n) is 4.65. The normalized spacial score (nSPS) is 12.7. The number of hydrogen-bond acceptors (Lipinski definition) is 4. The maximum atomic E-state index is 13.5. The van der Waals surface area contributed by atoms with Crippen LogP contribution in [0.1, 0.15) is 31.3 Å². The Labute approximate surface area is 122 Å². The van der Waals surface area contributed by atoms with Crippen LogP contribution in [0.4, 0.5) is 4.39 Å². The maximum absolute atomic E-state index is 13.5. The first-order valence-electron chi connectivity index (χ1n) is 6.59. The molecule has 0 spiro atoms. The molecule has 108 valence electrons. The molecule has 0 bridgehead atoms. The van der Waals surface area contributed by atoms with Crippen molar-refractivity contribution in [1.29, 1.82) is 0 Å². The summed E-state index contributed by atoms with van der Waals surface area (Å²) in [6.07, 6.45) is 0. The van der Waals surface area contributed by atoms with Crippen molar-refractivity contribution in [3.05, 3.63) is 35.4 Å². The number of aryl methyl sites for hydroxylation is 1. The molecule has 0 radical (unpaired) electrons. The lowest BCUT2D eigenvalue weighted by molar-refractivity contribution is 0.574. The molecule has 1 heterocycles. The number of nitrogens with zero attached hydrogens (tertiary/aromatic N) is 3. The van der Waals surface area contributed by atoms with Gasteiger partial charge in [-0.25, -0.2) is 4.39 Å². The lowest BCUT2D eigenvalue weighted by Crippen LogP contribution is -2.18. The van der Waals surface area contributed by atoms with E-state index in [1.807, 2.05) is 32.4 Å². The van der Waals surface area contributed by atoms with Crippen LogP contribution in [0.2, 0.25) is 0 Å². The summed E-state index contributed by atoms with van der Waals surface area (Å²) in [5.41, 5.74) is 0.942. The molecule has 1 N–H and O–H groups in total. The highest BCUT2D eigenvalue weighted by Crippen LogP contribution is 2.32. The maximum Gasteiger partial charge on any atom is 0.195 e. The van der Waals surface area contributed by atoms with Crippen LogP contribution < -0.4 is 5.32 Å². The molecule has 0 aliphatic heterocycles. The van der Waals surface area contributed by atoms with Crippen molar-refractivity contribution in [2.45, 2.75) is 36.9 Å². The molecule has 0 saturated heterocycles. The van der Waals surface area contributed by atoms with Gasteiger partial charge < -0.3 is 9.88 Å². The van der Waals surface area contributed by atoms with Gasteiger partial charge in [0.05, 0.1) is 0 Å². The molecule has 1 aromatic heterocycles. The zero-order chi connectivity index (χ0) is 14.7. The molecule has 0 aliphatic rings. The number of halogens is 1. The summed E-state index contributed by atoms with van der Waals surface area (Å²) in [5.74, 6) is 0.638. The van der Waals surface area contributed by atoms with Crippen molar-refractivity contribution < 1.29 is 4.39 Å². The van der Waals surface area contributed by atoms with E-state index in [2.05, 4.69) is 15.5 Å². The van der Waals surface area contributed by atoms with Crippen LogP contribution in [0.15, 0.2) is 28.3 Å². The van der Waals surface area contributed by atoms with Crippen molar-refractivity contribution in [1.82, 2.24) is 20.1 Å². The Balaban J connectivity index is 2.33. The van der Waals surface area contributed by atoms with E-state index < -0.39 is 0 Å². The third-order valence-electron chi connectivity index (χ3n) is 3.20. The monoisotopic (exact) mass is 294 g/mol. The fraction of sp³-hybridized carbons (Fsp3) is 0.429. The van der Waals surface area contributed by atoms with E-state index in [4.69, 9.17) is 0 Å². The van der Waals surface area contributed by atoms with E-state index in [1.165, 1.54) is 17.8 Å². The van der Waals surface area contributed by atoms with Crippen LogP contribution in [0.3, 0.4) is 0 Å². The van der Waals surface area contributed by atoms with Crippen molar-refractivity contribution in [2.75, 3.05) is 6.54 Å². The molecule has 0 saturated carbocycles. The third kappa shape index (κ3) is 3.19. The SMILES string of the molecule is CCNC(C)c1cc(F)ccc1Sc1nnc(C)n1C. The average molecular weight is 294 g/mol. The van der Waals surface area contributed by atoms with E-state index in [0.717, 1.165) is 28.0 Å². The molecule has 1 unspecified atom stereocenters. The summed E-state index contributed by atoms with van der Waals surface area (Å²) in [5, 5.41) is 12.3. The number of benzene rings is 1. The number of nitrogens with one attached hydrogen (secondary N) is 1. The van der Waals surface area contributed by atoms with Gasteiger partial charge in [-0.05, 0) is 55.9 Å². The van der Waals surface area contributed by atoms with Gasteiger partial charge in [0.2, 0.25) is 0 Å². The highest BCUT2D eigenvalue weighted by Gasteiger charge is 2.15. The first kappa shape index (κ1) is 15.0. The minimum absolute atomic E-state index is 0.0903. The highest BCUT2D eigenvalue weighted by atomic mass is 32.2. The third-order valence-corrected chi connectivity index (χ3v) is 4.33. The summed E-state index contributed by atoms with van der Waals surface area (Å²) in [4.78, 5) is 0.996. The summed E-state index contributed by atoms with van der Waals surface area (Å²) in [6, 6.07) is 4.95. The molecule has 1 atom stereocenters. The van der Waals surface area contributed by atoms with E-state index in [9.17, 15) is 4.39 Å². The zero-order valence-corrected chi connectivity index (χ0v) is 13.0. The lowest BCUT2D eigenvalue weighted by Gasteiger charge is -2.16. The molecule has 2 rings (SSSR count). The van der Waals surface area contributed by atoms with Crippen molar-refractivity contribution in [3.8, 4) is 0 Å². The first-order valence-corrected chi connectivity index (χ1v) is 7.41. The molecular weight excluding hydrogens is 275 g/mol. The zero-order valence-electron chi connectivity index (χ0n) is 12.1. The fourth-order valence-electron chi connectivity index (χ4n) is 1.94. The van der Waals surface area contributed by atoms with Gasteiger partial charge in [0, 0.05) is 18.0 Å². The molecule has 0 aliphatic carbocycles. The number of aromatic nitrogens is 3. The Morgan fingerprint density at radius 1 is 1.40 bits per heavy atom. The standard InChI is InChI=1S/C14H19FN4S/c1-5-16-9(2)12-8-11(15)6-7-13(12)20-14-18-17-10(3)19(14)4/h6-9,16H,5H2,1-4H3. The van der Waals surface area contributed by atoms with Crippen molar-refractivity contribution >= 4 is 11.8 Å². The Hall–Kier alpha value is -1.40. The van der Waals surface area contributed by atoms with Gasteiger partial charge >= 0.3 is 0 Å². The van der Waals surface area contributed by atoms with Crippen LogP contribution in [0.25, 0.3) is 0 Å². The molecule has 20 heavy (non-hydrogen) atoms. The van der Waals surface area contributed by atoms with E-state index in [-0.39, 0.29) is 11.9 Å². The Morgan fingerprint density at radius 3 is 2.75 bits per heavy atom. The summed E-state index contributed by atoms with van der Waals surface area (Å²) < 4.78 is 15.4. The molecule has 1 aromatic carbocycles. The molecule has 4 nitrogen and oxygen atoms in total. The van der Waals surface area contributed by atoms with Gasteiger partial charge in [0.25, 0.3) is 0 Å². The van der Waals surface area contributed by atoms with Gasteiger partial charge in [0.1, 0.15) is 11.6 Å². The van der Waals surface area contributed by atoms with Crippen LogP contribution in [0.5, 0.6) is 0 Å². The van der Waals surface area contributed by atoms with Crippen LogP contribution in [-0.4, -0.2) is 21.3 Å². The quantitative estimate of drug-likeness (QED) is 0.920. The molecule has 0 amide bonds. The van der Waals surface area contributed by atoms with Crippen LogP contribution in [0, 0.1) is 12.7 Å². The minimum atomic E-state index is -0.219. The predicted octanol–water partition coefficient (Wildman–Crippen LogP) is 3.08. The Bertz CT molecular complexity index is 597. The van der Waals surface area contributed by atoms with Gasteiger partial charge in [-0.3, -0.25) is 0 Å². The summed E-state index contributed by atoms with van der Waals surface area (Å²) in [6.45, 7) is 6.81. The predicted molar refractivity (Wildman–Crippen MR) is 78.4 cm³/mol. The molecule has 6 heteroatoms. The minimum Gasteiger partial charge on any atom is -0.310 e. The largest absolute Gasteiger partial charge is 0.310 e. The summed E-state index contributed by atoms with van der Waals surface area (Å²) >= 11 is 1.51. The number of hydrogen-bond donors (Lipinski definition) is 1. The van der Waals surface area contributed by atoms with Gasteiger partial charge in [-0.1, -0.05) is 6.92 Å². The molecule has 0 fully saturated rings. The average Bonchev–Trinajstić information content (AvgIpc) is 2.73. The second kappa shape index (κ2) is 6.37. The molecular formula is C14H19FN4S. The number of rotatable bonds is 5. The van der Waals surface area contributed by atoms with Crippen molar-refractivity contribution in [3.63, 3.8) is 0 Å². The van der Waals surface area contributed by atoms with E-state index >= 15 is 0 Å². The van der Waals surface area contributed by atoms with Gasteiger partial charge in [0.15, 0.2) is 5.16 Å². The molecule has 2 aromatic rings. The van der Waals surface area contributed by atoms with Gasteiger partial charge in [-0.15, -0.1) is 10.2 Å². The van der Waals surface area contributed by atoms with Crippen molar-refractivity contribution in [2.24, 2.45) is 7.05 Å². The Kier molecular flexibility index (Phi) is 4.77. The van der Waals surface area contributed by atoms with Crippen LogP contribution >= 0.6 is 11.8 Å². The summed E-state index contributed by atoms with van der Waals surface area (Å²) in [7, 11) is 1.93. The second-order valence-corrected chi connectivity index (χ2v) is 5.66. The van der Waals surface area contributed by atoms with E-state index in [0.29, 0.717) is 0 Å². The fourth-order valence-corrected chi connectivity index (χ4v) is 2.98. The van der Waals surface area contributed by atoms with Gasteiger partial charge in [-0.2, -0.15) is 0 Å². The van der Waals surface area contributed by atoms with Crippen LogP contribution in [-0.2, 0) is 7.05 Å². The highest BCUT2D eigenvalue weighted by molar-refractivity contribution is 7.99. The first-order chi connectivity index (χ1) is 9.52. The Morgan fingerprint density at radius 2 is 2.15 bits per heavy atom. The smallest absolute Gasteiger partial charge is 0.195 e. The van der Waals surface area contributed by atoms with E-state index in [1.54, 1.807) is 12.1 Å². The topological polar surface area (TPSA) is 42.7 Å². The lowest BCUT2D eigenvalue weighted by atomic mass is 10.1.